The number of rotatable bonds is 3. The Balaban J connectivity index is 2.29. The molecule has 0 bridgehead atoms. The molecule has 104 valence electrons. The van der Waals surface area contributed by atoms with Crippen LogP contribution in [0.1, 0.15) is 37.2 Å². The fraction of sp³-hybridized carbons (Fsp3) is 0.500. The monoisotopic (exact) mass is 266 g/mol. The predicted molar refractivity (Wildman–Crippen MR) is 67.3 cm³/mol. The maximum absolute atomic E-state index is 11.5. The zero-order chi connectivity index (χ0) is 14.0. The third-order valence-electron chi connectivity index (χ3n) is 3.07. The van der Waals surface area contributed by atoms with Crippen molar-refractivity contribution in [3.63, 3.8) is 0 Å². The molecule has 5 nitrogen and oxygen atoms in total. The Labute approximate surface area is 112 Å². The first-order valence-electron chi connectivity index (χ1n) is 6.11. The summed E-state index contributed by atoms with van der Waals surface area (Å²) in [4.78, 5) is 11.5. The van der Waals surface area contributed by atoms with Gasteiger partial charge in [-0.25, -0.2) is 4.79 Å². The predicted octanol–water partition coefficient (Wildman–Crippen LogP) is 1.72. The molecule has 0 saturated carbocycles. The summed E-state index contributed by atoms with van der Waals surface area (Å²) in [5.74, 6) is -1.35. The van der Waals surface area contributed by atoms with Crippen molar-refractivity contribution < 1.29 is 24.1 Å². The molecule has 2 rings (SSSR count). The number of carbonyl (C=O) groups excluding carboxylic acids is 1. The Hall–Kier alpha value is -1.43. The van der Waals surface area contributed by atoms with Crippen LogP contribution >= 0.6 is 0 Å². The molecule has 1 aliphatic rings. The maximum atomic E-state index is 11.5. The minimum atomic E-state index is -1.31. The summed E-state index contributed by atoms with van der Waals surface area (Å²) in [5.41, 5.74) is 1.23. The highest BCUT2D eigenvalue weighted by atomic mass is 16.7. The van der Waals surface area contributed by atoms with E-state index in [-0.39, 0.29) is 6.10 Å². The quantitative estimate of drug-likeness (QED) is 0.844. The summed E-state index contributed by atoms with van der Waals surface area (Å²) in [6, 6.07) is 7.09. The van der Waals surface area contributed by atoms with Crippen LogP contribution in [0, 0.1) is 0 Å². The van der Waals surface area contributed by atoms with Gasteiger partial charge in [-0.1, -0.05) is 24.3 Å². The summed E-state index contributed by atoms with van der Waals surface area (Å²) in [7, 11) is 1.24. The van der Waals surface area contributed by atoms with Crippen LogP contribution in [-0.4, -0.2) is 30.6 Å². The summed E-state index contributed by atoms with van der Waals surface area (Å²) < 4.78 is 15.8. The Kier molecular flexibility index (Phi) is 3.89. The second kappa shape index (κ2) is 5.28. The van der Waals surface area contributed by atoms with Crippen molar-refractivity contribution in [1.82, 2.24) is 0 Å². The Morgan fingerprint density at radius 3 is 2.74 bits per heavy atom. The molecule has 0 amide bonds. The molecule has 5 heteroatoms. The van der Waals surface area contributed by atoms with Crippen molar-refractivity contribution in [1.29, 1.82) is 0 Å². The first-order valence-corrected chi connectivity index (χ1v) is 6.11. The second-order valence-electron chi connectivity index (χ2n) is 4.87. The number of aliphatic hydroxyl groups is 1. The van der Waals surface area contributed by atoms with Gasteiger partial charge in [-0.05, 0) is 25.0 Å². The van der Waals surface area contributed by atoms with E-state index < -0.39 is 17.9 Å². The van der Waals surface area contributed by atoms with Gasteiger partial charge in [-0.2, -0.15) is 0 Å². The van der Waals surface area contributed by atoms with Gasteiger partial charge in [-0.3, -0.25) is 0 Å². The Morgan fingerprint density at radius 2 is 2.16 bits per heavy atom. The standard InChI is InChI=1S/C14H18O5/c1-14(2)18-8-11(19-14)9-6-4-5-7-10(9)12(15)13(16)17-3/h4-7,11-12,15H,8H2,1-3H3. The van der Waals surface area contributed by atoms with Gasteiger partial charge in [0.1, 0.15) is 6.10 Å². The zero-order valence-corrected chi connectivity index (χ0v) is 11.3. The van der Waals surface area contributed by atoms with E-state index in [1.54, 1.807) is 12.1 Å². The van der Waals surface area contributed by atoms with Crippen molar-refractivity contribution in [3.8, 4) is 0 Å². The van der Waals surface area contributed by atoms with Crippen LogP contribution in [0.3, 0.4) is 0 Å². The zero-order valence-electron chi connectivity index (χ0n) is 11.3. The van der Waals surface area contributed by atoms with Crippen LogP contribution in [-0.2, 0) is 19.0 Å². The number of aliphatic hydroxyl groups excluding tert-OH is 1. The van der Waals surface area contributed by atoms with Crippen molar-refractivity contribution in [2.75, 3.05) is 13.7 Å². The van der Waals surface area contributed by atoms with Crippen LogP contribution in [0.4, 0.5) is 0 Å². The number of hydrogen-bond donors (Lipinski definition) is 1. The lowest BCUT2D eigenvalue weighted by Gasteiger charge is -2.20. The molecule has 1 heterocycles. The minimum absolute atomic E-state index is 0.300. The van der Waals surface area contributed by atoms with E-state index in [1.807, 2.05) is 26.0 Å². The van der Waals surface area contributed by atoms with Gasteiger partial charge in [0.05, 0.1) is 13.7 Å². The van der Waals surface area contributed by atoms with Gasteiger partial charge >= 0.3 is 5.97 Å². The molecule has 1 aliphatic heterocycles. The van der Waals surface area contributed by atoms with Crippen molar-refractivity contribution >= 4 is 5.97 Å². The smallest absolute Gasteiger partial charge is 0.339 e. The van der Waals surface area contributed by atoms with Crippen molar-refractivity contribution in [2.45, 2.75) is 31.8 Å². The molecular weight excluding hydrogens is 248 g/mol. The highest BCUT2D eigenvalue weighted by Crippen LogP contribution is 2.36. The van der Waals surface area contributed by atoms with Gasteiger partial charge in [0.25, 0.3) is 0 Å². The van der Waals surface area contributed by atoms with E-state index in [0.717, 1.165) is 5.56 Å². The number of benzene rings is 1. The van der Waals surface area contributed by atoms with Gasteiger partial charge < -0.3 is 19.3 Å². The summed E-state index contributed by atoms with van der Waals surface area (Å²) in [6.45, 7) is 4.04. The summed E-state index contributed by atoms with van der Waals surface area (Å²) in [5, 5.41) is 9.99. The van der Waals surface area contributed by atoms with Crippen molar-refractivity contribution in [2.24, 2.45) is 0 Å². The third kappa shape index (κ3) is 2.94. The third-order valence-corrected chi connectivity index (χ3v) is 3.07. The number of hydrogen-bond acceptors (Lipinski definition) is 5. The minimum Gasteiger partial charge on any atom is -0.467 e. The fourth-order valence-electron chi connectivity index (χ4n) is 2.13. The topological polar surface area (TPSA) is 65.0 Å². The van der Waals surface area contributed by atoms with Crippen LogP contribution in [0.25, 0.3) is 0 Å². The number of ether oxygens (including phenoxy) is 3. The molecule has 0 aromatic heterocycles. The molecule has 0 spiro atoms. The molecular formula is C14H18O5. The molecule has 0 radical (unpaired) electrons. The van der Waals surface area contributed by atoms with Gasteiger partial charge in [0, 0.05) is 0 Å². The summed E-state index contributed by atoms with van der Waals surface area (Å²) >= 11 is 0. The molecule has 2 unspecified atom stereocenters. The van der Waals surface area contributed by atoms with Crippen LogP contribution < -0.4 is 0 Å². The Bertz CT molecular complexity index is 469. The van der Waals surface area contributed by atoms with E-state index in [1.165, 1.54) is 7.11 Å². The maximum Gasteiger partial charge on any atom is 0.339 e. The summed E-state index contributed by atoms with van der Waals surface area (Å²) in [6.07, 6.45) is -1.61. The molecule has 1 aromatic carbocycles. The average molecular weight is 266 g/mol. The highest BCUT2D eigenvalue weighted by Gasteiger charge is 2.36. The average Bonchev–Trinajstić information content (AvgIpc) is 2.77. The first kappa shape index (κ1) is 14.0. The lowest BCUT2D eigenvalue weighted by Crippen LogP contribution is -2.20. The van der Waals surface area contributed by atoms with Gasteiger partial charge in [-0.15, -0.1) is 0 Å². The van der Waals surface area contributed by atoms with Crippen LogP contribution in [0.15, 0.2) is 24.3 Å². The van der Waals surface area contributed by atoms with E-state index in [9.17, 15) is 9.90 Å². The molecule has 1 fully saturated rings. The lowest BCUT2D eigenvalue weighted by atomic mass is 9.98. The molecule has 1 N–H and O–H groups in total. The van der Waals surface area contributed by atoms with E-state index in [4.69, 9.17) is 9.47 Å². The molecule has 19 heavy (non-hydrogen) atoms. The molecule has 1 saturated heterocycles. The highest BCUT2D eigenvalue weighted by molar-refractivity contribution is 5.76. The molecule has 0 aliphatic carbocycles. The van der Waals surface area contributed by atoms with E-state index in [0.29, 0.717) is 12.2 Å². The Morgan fingerprint density at radius 1 is 1.47 bits per heavy atom. The largest absolute Gasteiger partial charge is 0.467 e. The van der Waals surface area contributed by atoms with Crippen molar-refractivity contribution in [3.05, 3.63) is 35.4 Å². The SMILES string of the molecule is COC(=O)C(O)c1ccccc1C1COC(C)(C)O1. The molecule has 1 aromatic rings. The number of carbonyl (C=O) groups is 1. The van der Waals surface area contributed by atoms with Gasteiger partial charge in [0.2, 0.25) is 0 Å². The number of methoxy groups -OCH3 is 1. The van der Waals surface area contributed by atoms with Gasteiger partial charge in [0.15, 0.2) is 11.9 Å². The first-order chi connectivity index (χ1) is 8.94. The van der Waals surface area contributed by atoms with E-state index >= 15 is 0 Å². The second-order valence-corrected chi connectivity index (χ2v) is 4.87. The number of esters is 1. The molecule has 2 atom stereocenters. The van der Waals surface area contributed by atoms with Crippen LogP contribution in [0.5, 0.6) is 0 Å². The lowest BCUT2D eigenvalue weighted by molar-refractivity contribution is -0.150. The normalized spacial score (nSPS) is 23.1. The fourth-order valence-corrected chi connectivity index (χ4v) is 2.13. The van der Waals surface area contributed by atoms with E-state index in [2.05, 4.69) is 4.74 Å². The van der Waals surface area contributed by atoms with Crippen LogP contribution in [0.2, 0.25) is 0 Å².